The summed E-state index contributed by atoms with van der Waals surface area (Å²) < 4.78 is 42.7. The minimum atomic E-state index is -5.16. The zero-order chi connectivity index (χ0) is 20.2. The largest absolute Gasteiger partial charge is 0.488 e. The Labute approximate surface area is 156 Å². The molecule has 27 heavy (non-hydrogen) atoms. The molecule has 0 aliphatic heterocycles. The van der Waals surface area contributed by atoms with E-state index in [1.807, 2.05) is 0 Å². The van der Waals surface area contributed by atoms with E-state index in [1.54, 1.807) is 20.8 Å². The van der Waals surface area contributed by atoms with Gasteiger partial charge >= 0.3 is 16.6 Å². The Kier molecular flexibility index (Phi) is 6.26. The summed E-state index contributed by atoms with van der Waals surface area (Å²) in [6.07, 6.45) is -0.0310. The summed E-state index contributed by atoms with van der Waals surface area (Å²) in [4.78, 5) is 28.8. The Morgan fingerprint density at radius 2 is 1.89 bits per heavy atom. The average molecular weight is 404 g/mol. The van der Waals surface area contributed by atoms with Gasteiger partial charge in [0.1, 0.15) is 11.4 Å². The third-order valence-corrected chi connectivity index (χ3v) is 3.82. The van der Waals surface area contributed by atoms with Gasteiger partial charge in [0.25, 0.3) is 5.91 Å². The molecule has 0 bridgehead atoms. The van der Waals surface area contributed by atoms with E-state index in [0.29, 0.717) is 12.8 Å². The normalized spacial score (nSPS) is 19.6. The topological polar surface area (TPSA) is 120 Å². The van der Waals surface area contributed by atoms with Gasteiger partial charge in [0.15, 0.2) is 0 Å². The molecular weight excluding hydrogens is 383 g/mol. The molecule has 1 aromatic carbocycles. The second-order valence-electron chi connectivity index (χ2n) is 6.99. The Morgan fingerprint density at radius 3 is 2.48 bits per heavy atom. The molecule has 0 heterocycles. The third-order valence-electron chi connectivity index (χ3n) is 3.43. The molecule has 11 heteroatoms. The highest BCUT2D eigenvalue weighted by atomic mass is 32.3. The van der Waals surface area contributed by atoms with Gasteiger partial charge < -0.3 is 14.2 Å². The van der Waals surface area contributed by atoms with E-state index in [-0.39, 0.29) is 23.5 Å². The van der Waals surface area contributed by atoms with E-state index in [4.69, 9.17) is 9.57 Å². The van der Waals surface area contributed by atoms with Crippen molar-refractivity contribution in [1.82, 2.24) is 10.8 Å². The summed E-state index contributed by atoms with van der Waals surface area (Å²) in [7, 11) is -5.16. The smallest absolute Gasteiger partial charge is 0.442 e. The number of hydroxylamine groups is 1. The second-order valence-corrected chi connectivity index (χ2v) is 7.94. The maximum atomic E-state index is 12.5. The molecule has 150 valence electrons. The molecule has 0 unspecified atom stereocenters. The lowest BCUT2D eigenvalue weighted by atomic mass is 9.89. The zero-order valence-electron chi connectivity index (χ0n) is 15.0. The van der Waals surface area contributed by atoms with Crippen LogP contribution in [0.3, 0.4) is 0 Å². The number of carbonyl (C=O) groups is 2. The van der Waals surface area contributed by atoms with E-state index < -0.39 is 28.1 Å². The summed E-state index contributed by atoms with van der Waals surface area (Å²) in [6.45, 7) is 5.18. The van der Waals surface area contributed by atoms with E-state index in [0.717, 1.165) is 6.07 Å². The van der Waals surface area contributed by atoms with Crippen LogP contribution in [0.25, 0.3) is 0 Å². The SMILES string of the molecule is CC(C)(C)OC(=O)NOC1CC(NC(=O)c2cccc(OS(=O)(=O)F)c2)C1. The van der Waals surface area contributed by atoms with Crippen LogP contribution in [0.1, 0.15) is 44.0 Å². The van der Waals surface area contributed by atoms with Crippen LogP contribution >= 0.6 is 0 Å². The van der Waals surface area contributed by atoms with Crippen molar-refractivity contribution in [3.05, 3.63) is 29.8 Å². The molecule has 1 aromatic rings. The molecule has 2 rings (SSSR count). The molecule has 1 saturated carbocycles. The summed E-state index contributed by atoms with van der Waals surface area (Å²) in [5.41, 5.74) is 1.68. The van der Waals surface area contributed by atoms with Crippen molar-refractivity contribution >= 4 is 22.5 Å². The van der Waals surface area contributed by atoms with Crippen molar-refractivity contribution < 1.29 is 35.7 Å². The zero-order valence-corrected chi connectivity index (χ0v) is 15.8. The van der Waals surface area contributed by atoms with Gasteiger partial charge in [-0.3, -0.25) is 9.63 Å². The molecule has 9 nitrogen and oxygen atoms in total. The fraction of sp³-hybridized carbons (Fsp3) is 0.500. The summed E-state index contributed by atoms with van der Waals surface area (Å²) >= 11 is 0. The maximum absolute atomic E-state index is 12.5. The number of halogens is 1. The first kappa shape index (κ1) is 20.9. The van der Waals surface area contributed by atoms with E-state index in [1.165, 1.54) is 18.2 Å². The van der Waals surface area contributed by atoms with Gasteiger partial charge in [-0.25, -0.2) is 4.79 Å². The first-order chi connectivity index (χ1) is 12.4. The number of amides is 2. The quantitative estimate of drug-likeness (QED) is 0.549. The number of hydrogen-bond acceptors (Lipinski definition) is 7. The van der Waals surface area contributed by atoms with Gasteiger partial charge in [-0.05, 0) is 51.8 Å². The Balaban J connectivity index is 1.76. The van der Waals surface area contributed by atoms with Crippen LogP contribution in [0.15, 0.2) is 24.3 Å². The highest BCUT2D eigenvalue weighted by molar-refractivity contribution is 7.81. The van der Waals surface area contributed by atoms with Crippen LogP contribution in [0.5, 0.6) is 5.75 Å². The minimum Gasteiger partial charge on any atom is -0.442 e. The Hall–Kier alpha value is -2.40. The molecule has 0 atom stereocenters. The maximum Gasteiger partial charge on any atom is 0.488 e. The first-order valence-corrected chi connectivity index (χ1v) is 9.42. The van der Waals surface area contributed by atoms with Gasteiger partial charge in [0.05, 0.1) is 6.10 Å². The average Bonchev–Trinajstić information content (AvgIpc) is 2.45. The summed E-state index contributed by atoms with van der Waals surface area (Å²) in [5, 5.41) is 2.72. The van der Waals surface area contributed by atoms with Crippen LogP contribution in [-0.2, 0) is 20.1 Å². The van der Waals surface area contributed by atoms with Gasteiger partial charge in [0.2, 0.25) is 0 Å². The van der Waals surface area contributed by atoms with Crippen LogP contribution < -0.4 is 15.0 Å². The number of benzene rings is 1. The first-order valence-electron chi connectivity index (χ1n) is 8.11. The molecular formula is C16H21FN2O7S. The Morgan fingerprint density at radius 1 is 1.22 bits per heavy atom. The van der Waals surface area contributed by atoms with Crippen LogP contribution in [0.2, 0.25) is 0 Å². The molecule has 2 amide bonds. The lowest BCUT2D eigenvalue weighted by Crippen LogP contribution is -2.50. The number of rotatable bonds is 6. The molecule has 1 fully saturated rings. The number of nitrogens with one attached hydrogen (secondary N) is 2. The molecule has 0 aromatic heterocycles. The highest BCUT2D eigenvalue weighted by Gasteiger charge is 2.32. The van der Waals surface area contributed by atoms with Crippen molar-refractivity contribution in [1.29, 1.82) is 0 Å². The van der Waals surface area contributed by atoms with E-state index in [2.05, 4.69) is 15.0 Å². The second kappa shape index (κ2) is 8.09. The van der Waals surface area contributed by atoms with Crippen LogP contribution in [-0.4, -0.2) is 38.2 Å². The van der Waals surface area contributed by atoms with E-state index in [9.17, 15) is 21.9 Å². The molecule has 1 aliphatic rings. The predicted octanol–water partition coefficient (Wildman–Crippen LogP) is 2.00. The van der Waals surface area contributed by atoms with Crippen molar-refractivity contribution in [2.45, 2.75) is 51.4 Å². The van der Waals surface area contributed by atoms with Crippen molar-refractivity contribution in [2.75, 3.05) is 0 Å². The Bertz CT molecular complexity index is 801. The fourth-order valence-electron chi connectivity index (χ4n) is 2.28. The molecule has 0 radical (unpaired) electrons. The van der Waals surface area contributed by atoms with Crippen molar-refractivity contribution in [3.8, 4) is 5.75 Å². The fourth-order valence-corrected chi connectivity index (χ4v) is 2.62. The third kappa shape index (κ3) is 7.39. The van der Waals surface area contributed by atoms with Crippen LogP contribution in [0, 0.1) is 0 Å². The number of hydrogen-bond donors (Lipinski definition) is 2. The van der Waals surface area contributed by atoms with Crippen molar-refractivity contribution in [3.63, 3.8) is 0 Å². The minimum absolute atomic E-state index is 0.118. The van der Waals surface area contributed by atoms with Crippen molar-refractivity contribution in [2.24, 2.45) is 0 Å². The predicted molar refractivity (Wildman–Crippen MR) is 91.8 cm³/mol. The number of ether oxygens (including phenoxy) is 1. The molecule has 0 spiro atoms. The highest BCUT2D eigenvalue weighted by Crippen LogP contribution is 2.24. The standard InChI is InChI=1S/C16H21FN2O7S/c1-16(2,3)24-15(21)19-25-13-8-11(9-13)18-14(20)10-5-4-6-12(7-10)26-27(17,22)23/h4-7,11,13H,8-9H2,1-3H3,(H,18,20)(H,19,21). The summed E-state index contributed by atoms with van der Waals surface area (Å²) in [5.74, 6) is -0.776. The van der Waals surface area contributed by atoms with Gasteiger partial charge in [0, 0.05) is 11.6 Å². The molecule has 1 aliphatic carbocycles. The monoisotopic (exact) mass is 404 g/mol. The van der Waals surface area contributed by atoms with Crippen LogP contribution in [0.4, 0.5) is 8.68 Å². The van der Waals surface area contributed by atoms with Gasteiger partial charge in [-0.1, -0.05) is 9.95 Å². The van der Waals surface area contributed by atoms with Gasteiger partial charge in [-0.2, -0.15) is 13.9 Å². The number of carbonyl (C=O) groups excluding carboxylic acids is 2. The van der Waals surface area contributed by atoms with E-state index >= 15 is 0 Å². The lowest BCUT2D eigenvalue weighted by molar-refractivity contribution is -0.0784. The lowest BCUT2D eigenvalue weighted by Gasteiger charge is -2.35. The summed E-state index contributed by atoms with van der Waals surface area (Å²) in [6, 6.07) is 4.95. The van der Waals surface area contributed by atoms with Gasteiger partial charge in [-0.15, -0.1) is 0 Å². The molecule has 2 N–H and O–H groups in total. The molecule has 0 saturated heterocycles.